The quantitative estimate of drug-likeness (QED) is 0.419. The van der Waals surface area contributed by atoms with E-state index in [-0.39, 0.29) is 17.8 Å². The fourth-order valence-corrected chi connectivity index (χ4v) is 4.95. The van der Waals surface area contributed by atoms with Crippen molar-refractivity contribution in [2.45, 2.75) is 32.2 Å². The predicted octanol–water partition coefficient (Wildman–Crippen LogP) is 5.21. The van der Waals surface area contributed by atoms with Crippen molar-refractivity contribution in [2.24, 2.45) is 0 Å². The Kier molecular flexibility index (Phi) is 5.53. The lowest BCUT2D eigenvalue weighted by Gasteiger charge is -2.21. The summed E-state index contributed by atoms with van der Waals surface area (Å²) < 4.78 is 19.1. The van der Waals surface area contributed by atoms with Crippen LogP contribution in [0.4, 0.5) is 4.39 Å². The molecule has 1 aliphatic heterocycles. The Hall–Kier alpha value is -3.39. The third kappa shape index (κ3) is 4.05. The first-order valence-corrected chi connectivity index (χ1v) is 11.3. The Morgan fingerprint density at radius 2 is 2.06 bits per heavy atom. The fraction of sp³-hybridized carbons (Fsp3) is 0.250. The van der Waals surface area contributed by atoms with Gasteiger partial charge in [-0.15, -0.1) is 11.3 Å². The summed E-state index contributed by atoms with van der Waals surface area (Å²) in [6, 6.07) is 11.8. The van der Waals surface area contributed by atoms with Crippen LogP contribution in [0.2, 0.25) is 0 Å². The van der Waals surface area contributed by atoms with E-state index in [2.05, 4.69) is 15.0 Å². The zero-order valence-electron chi connectivity index (χ0n) is 17.5. The van der Waals surface area contributed by atoms with Crippen LogP contribution in [-0.2, 0) is 6.42 Å². The van der Waals surface area contributed by atoms with Gasteiger partial charge in [0.2, 0.25) is 5.89 Å². The molecule has 0 N–H and O–H groups in total. The number of carbonyl (C=O) groups excluding carboxylic acids is 1. The highest BCUT2D eigenvalue weighted by molar-refractivity contribution is 7.17. The lowest BCUT2D eigenvalue weighted by atomic mass is 10.1. The van der Waals surface area contributed by atoms with E-state index in [0.29, 0.717) is 35.2 Å². The Bertz CT molecular complexity index is 1240. The van der Waals surface area contributed by atoms with Crippen LogP contribution >= 0.6 is 11.3 Å². The van der Waals surface area contributed by atoms with Crippen molar-refractivity contribution in [2.75, 3.05) is 6.54 Å². The topological polar surface area (TPSA) is 72.1 Å². The average molecular weight is 449 g/mol. The summed E-state index contributed by atoms with van der Waals surface area (Å²) in [7, 11) is 0. The summed E-state index contributed by atoms with van der Waals surface area (Å²) in [5.74, 6) is 0.914. The lowest BCUT2D eigenvalue weighted by Crippen LogP contribution is -2.30. The first kappa shape index (κ1) is 20.5. The van der Waals surface area contributed by atoms with E-state index in [4.69, 9.17) is 4.42 Å². The van der Waals surface area contributed by atoms with Crippen molar-refractivity contribution in [3.63, 3.8) is 0 Å². The predicted molar refractivity (Wildman–Crippen MR) is 119 cm³/mol. The van der Waals surface area contributed by atoms with Gasteiger partial charge in [0.1, 0.15) is 27.5 Å². The van der Waals surface area contributed by atoms with Gasteiger partial charge in [0.05, 0.1) is 17.6 Å². The standard InChI is InChI=1S/C24H21FN4O2S/c1-15-21(32-23(28-15)19-5-2-3-11-26-19)24(30)29-12-4-6-20(29)22-27-14-18(31-22)13-16-7-9-17(25)10-8-16/h2-3,5,7-11,14,20H,4,6,12-13H2,1H3/t20-/m0/s1. The third-order valence-corrected chi connectivity index (χ3v) is 6.70. The monoisotopic (exact) mass is 448 g/mol. The second-order valence-electron chi connectivity index (χ2n) is 7.77. The highest BCUT2D eigenvalue weighted by atomic mass is 32.1. The maximum absolute atomic E-state index is 13.4. The first-order chi connectivity index (χ1) is 15.6. The molecule has 1 atom stereocenters. The Morgan fingerprint density at radius 1 is 1.22 bits per heavy atom. The van der Waals surface area contributed by atoms with Gasteiger partial charge in [0.15, 0.2) is 0 Å². The molecule has 3 aromatic heterocycles. The van der Waals surface area contributed by atoms with Gasteiger partial charge in [-0.3, -0.25) is 9.78 Å². The molecule has 4 aromatic rings. The van der Waals surface area contributed by atoms with Crippen molar-refractivity contribution >= 4 is 17.2 Å². The molecule has 5 rings (SSSR count). The summed E-state index contributed by atoms with van der Waals surface area (Å²) in [4.78, 5) is 29.2. The zero-order valence-corrected chi connectivity index (χ0v) is 18.3. The summed E-state index contributed by atoms with van der Waals surface area (Å²) >= 11 is 1.37. The van der Waals surface area contributed by atoms with E-state index in [1.54, 1.807) is 24.5 Å². The molecule has 1 aliphatic rings. The summed E-state index contributed by atoms with van der Waals surface area (Å²) in [5, 5.41) is 0.736. The van der Waals surface area contributed by atoms with Crippen molar-refractivity contribution in [3.8, 4) is 10.7 Å². The number of thiazole rings is 1. The smallest absolute Gasteiger partial charge is 0.266 e. The van der Waals surface area contributed by atoms with Gasteiger partial charge in [-0.05, 0) is 49.6 Å². The molecule has 1 saturated heterocycles. The van der Waals surface area contributed by atoms with Crippen LogP contribution in [0.25, 0.3) is 10.7 Å². The SMILES string of the molecule is Cc1nc(-c2ccccn2)sc1C(=O)N1CCC[C@H]1c1ncc(Cc2ccc(F)cc2)o1. The minimum absolute atomic E-state index is 0.0528. The van der Waals surface area contributed by atoms with Crippen LogP contribution in [-0.4, -0.2) is 32.3 Å². The molecule has 0 bridgehead atoms. The maximum atomic E-state index is 13.4. The highest BCUT2D eigenvalue weighted by Crippen LogP contribution is 2.35. The number of halogens is 1. The summed E-state index contributed by atoms with van der Waals surface area (Å²) in [6.45, 7) is 2.50. The third-order valence-electron chi connectivity index (χ3n) is 5.54. The molecule has 0 radical (unpaired) electrons. The molecule has 4 heterocycles. The van der Waals surface area contributed by atoms with Gasteiger partial charge >= 0.3 is 0 Å². The normalized spacial score (nSPS) is 15.9. The second-order valence-corrected chi connectivity index (χ2v) is 8.77. The van der Waals surface area contributed by atoms with Crippen molar-refractivity contribution in [1.82, 2.24) is 19.9 Å². The molecular weight excluding hydrogens is 427 g/mol. The molecule has 1 aromatic carbocycles. The molecular formula is C24H21FN4O2S. The molecule has 6 nitrogen and oxygen atoms in total. The van der Waals surface area contributed by atoms with Gasteiger partial charge in [-0.2, -0.15) is 0 Å². The number of aromatic nitrogens is 3. The molecule has 0 unspecified atom stereocenters. The molecule has 0 spiro atoms. The molecule has 8 heteroatoms. The van der Waals surface area contributed by atoms with Crippen LogP contribution in [0.15, 0.2) is 59.3 Å². The minimum atomic E-state index is -0.267. The minimum Gasteiger partial charge on any atom is -0.443 e. The number of carbonyl (C=O) groups is 1. The molecule has 0 aliphatic carbocycles. The molecule has 0 saturated carbocycles. The van der Waals surface area contributed by atoms with E-state index in [1.807, 2.05) is 30.0 Å². The molecule has 32 heavy (non-hydrogen) atoms. The van der Waals surface area contributed by atoms with E-state index in [1.165, 1.54) is 23.5 Å². The summed E-state index contributed by atoms with van der Waals surface area (Å²) in [6.07, 6.45) is 5.62. The van der Waals surface area contributed by atoms with Gasteiger partial charge in [-0.25, -0.2) is 14.4 Å². The number of oxazole rings is 1. The fourth-order valence-electron chi connectivity index (χ4n) is 3.95. The van der Waals surface area contributed by atoms with Crippen molar-refractivity contribution in [3.05, 3.63) is 88.5 Å². The number of likely N-dealkylation sites (tertiary alicyclic amines) is 1. The number of benzene rings is 1. The Balaban J connectivity index is 1.35. The van der Waals surface area contributed by atoms with Crippen LogP contribution in [0.3, 0.4) is 0 Å². The molecule has 1 fully saturated rings. The van der Waals surface area contributed by atoms with Crippen molar-refractivity contribution in [1.29, 1.82) is 0 Å². The number of hydrogen-bond acceptors (Lipinski definition) is 6. The van der Waals surface area contributed by atoms with Crippen LogP contribution in [0, 0.1) is 12.7 Å². The number of aryl methyl sites for hydroxylation is 1. The van der Waals surface area contributed by atoms with E-state index < -0.39 is 0 Å². The number of pyridine rings is 1. The number of rotatable bonds is 5. The van der Waals surface area contributed by atoms with Crippen LogP contribution in [0.5, 0.6) is 0 Å². The maximum Gasteiger partial charge on any atom is 0.266 e. The highest BCUT2D eigenvalue weighted by Gasteiger charge is 2.35. The number of nitrogens with zero attached hydrogens (tertiary/aromatic N) is 4. The zero-order chi connectivity index (χ0) is 22.1. The van der Waals surface area contributed by atoms with Gasteiger partial charge < -0.3 is 9.32 Å². The lowest BCUT2D eigenvalue weighted by molar-refractivity contribution is 0.0718. The van der Waals surface area contributed by atoms with Crippen LogP contribution < -0.4 is 0 Å². The van der Waals surface area contributed by atoms with Gasteiger partial charge in [0.25, 0.3) is 5.91 Å². The number of hydrogen-bond donors (Lipinski definition) is 0. The van der Waals surface area contributed by atoms with E-state index >= 15 is 0 Å². The van der Waals surface area contributed by atoms with Gasteiger partial charge in [-0.1, -0.05) is 18.2 Å². The first-order valence-electron chi connectivity index (χ1n) is 10.5. The second kappa shape index (κ2) is 8.63. The summed E-state index contributed by atoms with van der Waals surface area (Å²) in [5.41, 5.74) is 2.40. The number of amides is 1. The molecule has 1 amide bonds. The van der Waals surface area contributed by atoms with E-state index in [0.717, 1.165) is 29.1 Å². The average Bonchev–Trinajstić information content (AvgIpc) is 3.55. The Labute approximate surface area is 188 Å². The largest absolute Gasteiger partial charge is 0.443 e. The van der Waals surface area contributed by atoms with E-state index in [9.17, 15) is 9.18 Å². The molecule has 162 valence electrons. The van der Waals surface area contributed by atoms with Gasteiger partial charge in [0, 0.05) is 19.2 Å². The van der Waals surface area contributed by atoms with Crippen LogP contribution in [0.1, 0.15) is 51.5 Å². The Morgan fingerprint density at radius 3 is 2.84 bits per heavy atom. The van der Waals surface area contributed by atoms with Crippen molar-refractivity contribution < 1.29 is 13.6 Å².